The summed E-state index contributed by atoms with van der Waals surface area (Å²) in [4.78, 5) is 0. The fourth-order valence-corrected chi connectivity index (χ4v) is 3.81. The lowest BCUT2D eigenvalue weighted by molar-refractivity contribution is -0.423. The minimum absolute atomic E-state index is 0.276. The van der Waals surface area contributed by atoms with E-state index in [0.717, 1.165) is 12.0 Å². The number of nitrogens with zero attached hydrogens (tertiary/aromatic N) is 2. The maximum absolute atomic E-state index is 14.1. The Labute approximate surface area is 194 Å². The molecular formula is C22H29F3N2O7. The predicted octanol–water partition coefficient (Wildman–Crippen LogP) is 1.13. The highest BCUT2D eigenvalue weighted by molar-refractivity contribution is 5.39. The summed E-state index contributed by atoms with van der Waals surface area (Å²) in [6, 6.07) is 6.14. The van der Waals surface area contributed by atoms with Gasteiger partial charge < -0.3 is 35.0 Å². The Hall–Kier alpha value is -2.22. The second kappa shape index (κ2) is 9.80. The molecule has 0 amide bonds. The van der Waals surface area contributed by atoms with Gasteiger partial charge in [-0.05, 0) is 31.4 Å². The standard InChI is InChI=1S/C22H29F3N2O7/c1-4-12-5-7-13(8-6-12)9-14-18(21(23,24)25)27(11(2)3)26-20(14)34-22(32)19(31)17(30)16(29)15(10-28)33-22/h5-8,11,15-17,19,28-32H,4,9-10H2,1-3H3/t15-,16-,17-,19-,22?/m1/s1. The number of hydrogen-bond acceptors (Lipinski definition) is 8. The molecule has 0 saturated carbocycles. The van der Waals surface area contributed by atoms with E-state index in [1.54, 1.807) is 24.3 Å². The highest BCUT2D eigenvalue weighted by Gasteiger charge is 2.56. The number of benzene rings is 1. The Balaban J connectivity index is 2.10. The number of rotatable bonds is 7. The van der Waals surface area contributed by atoms with E-state index in [-0.39, 0.29) is 6.42 Å². The molecule has 34 heavy (non-hydrogen) atoms. The van der Waals surface area contributed by atoms with Crippen LogP contribution in [0.15, 0.2) is 24.3 Å². The number of aliphatic hydroxyl groups is 5. The summed E-state index contributed by atoms with van der Waals surface area (Å²) in [5.74, 6) is -3.77. The van der Waals surface area contributed by atoms with Crippen molar-refractivity contribution < 1.29 is 48.2 Å². The maximum atomic E-state index is 14.1. The van der Waals surface area contributed by atoms with Crippen LogP contribution in [0.1, 0.15) is 49.2 Å². The van der Waals surface area contributed by atoms with Crippen LogP contribution in [-0.4, -0.2) is 72.3 Å². The molecule has 0 radical (unpaired) electrons. The largest absolute Gasteiger partial charge is 0.433 e. The zero-order valence-electron chi connectivity index (χ0n) is 18.9. The van der Waals surface area contributed by atoms with Crippen LogP contribution in [0.2, 0.25) is 0 Å². The molecule has 9 nitrogen and oxygen atoms in total. The molecule has 1 aromatic heterocycles. The molecule has 5 N–H and O–H groups in total. The maximum Gasteiger partial charge on any atom is 0.433 e. The molecule has 1 aliphatic heterocycles. The van der Waals surface area contributed by atoms with Crippen LogP contribution in [-0.2, 0) is 23.8 Å². The number of aryl methyl sites for hydroxylation is 1. The first-order valence-electron chi connectivity index (χ1n) is 10.8. The van der Waals surface area contributed by atoms with Crippen molar-refractivity contribution in [2.24, 2.45) is 0 Å². The van der Waals surface area contributed by atoms with Gasteiger partial charge in [0.05, 0.1) is 12.2 Å². The lowest BCUT2D eigenvalue weighted by Crippen LogP contribution is -2.67. The first kappa shape index (κ1) is 26.4. The summed E-state index contributed by atoms with van der Waals surface area (Å²) in [7, 11) is 0. The van der Waals surface area contributed by atoms with Crippen LogP contribution in [0, 0.1) is 0 Å². The number of alkyl halides is 3. The molecule has 1 aliphatic rings. The Morgan fingerprint density at radius 1 is 1.12 bits per heavy atom. The van der Waals surface area contributed by atoms with Crippen molar-refractivity contribution in [2.45, 2.75) is 76.2 Å². The molecule has 3 rings (SSSR count). The molecule has 1 saturated heterocycles. The van der Waals surface area contributed by atoms with Gasteiger partial charge in [-0.3, -0.25) is 4.68 Å². The van der Waals surface area contributed by atoms with Crippen molar-refractivity contribution in [3.8, 4) is 5.88 Å². The lowest BCUT2D eigenvalue weighted by Gasteiger charge is -2.43. The van der Waals surface area contributed by atoms with E-state index >= 15 is 0 Å². The SMILES string of the molecule is CCc1ccc(Cc2c(OC3(O)O[C@H](CO)[C@@H](O)[C@@H](O)[C@H]3O)nn(C(C)C)c2C(F)(F)F)cc1. The number of aliphatic hydroxyl groups excluding tert-OH is 4. The number of halogens is 3. The normalized spacial score (nSPS) is 27.9. The van der Waals surface area contributed by atoms with E-state index in [0.29, 0.717) is 10.2 Å². The number of aromatic nitrogens is 2. The molecule has 0 aliphatic carbocycles. The zero-order valence-corrected chi connectivity index (χ0v) is 18.9. The average molecular weight is 490 g/mol. The average Bonchev–Trinajstić information content (AvgIpc) is 3.14. The summed E-state index contributed by atoms with van der Waals surface area (Å²) in [6.07, 6.45) is -12.0. The smallest absolute Gasteiger partial charge is 0.417 e. The minimum atomic E-state index is -4.84. The zero-order chi connectivity index (χ0) is 25.4. The summed E-state index contributed by atoms with van der Waals surface area (Å²) in [6.45, 7) is 4.03. The highest BCUT2D eigenvalue weighted by Crippen LogP contribution is 2.41. The van der Waals surface area contributed by atoms with Crippen molar-refractivity contribution in [2.75, 3.05) is 6.61 Å². The first-order chi connectivity index (χ1) is 15.8. The third-order valence-electron chi connectivity index (χ3n) is 5.71. The van der Waals surface area contributed by atoms with Crippen molar-refractivity contribution in [1.29, 1.82) is 0 Å². The molecule has 1 unspecified atom stereocenters. The Morgan fingerprint density at radius 2 is 1.71 bits per heavy atom. The van der Waals surface area contributed by atoms with Crippen LogP contribution in [0.25, 0.3) is 0 Å². The molecule has 190 valence electrons. The molecule has 2 heterocycles. The van der Waals surface area contributed by atoms with E-state index in [1.165, 1.54) is 13.8 Å². The molecule has 5 atom stereocenters. The van der Waals surface area contributed by atoms with Crippen LogP contribution in [0.3, 0.4) is 0 Å². The van der Waals surface area contributed by atoms with E-state index in [4.69, 9.17) is 9.47 Å². The van der Waals surface area contributed by atoms with Gasteiger partial charge in [-0.1, -0.05) is 31.2 Å². The first-order valence-corrected chi connectivity index (χ1v) is 10.8. The van der Waals surface area contributed by atoms with E-state index in [2.05, 4.69) is 5.10 Å². The third-order valence-corrected chi connectivity index (χ3v) is 5.71. The van der Waals surface area contributed by atoms with Gasteiger partial charge >= 0.3 is 12.1 Å². The minimum Gasteiger partial charge on any atom is -0.417 e. The van der Waals surface area contributed by atoms with E-state index < -0.39 is 66.4 Å². The van der Waals surface area contributed by atoms with Gasteiger partial charge in [0.25, 0.3) is 0 Å². The molecule has 0 spiro atoms. The summed E-state index contributed by atoms with van der Waals surface area (Å²) < 4.78 is 53.4. The number of hydrogen-bond donors (Lipinski definition) is 5. The van der Waals surface area contributed by atoms with Crippen molar-refractivity contribution in [1.82, 2.24) is 9.78 Å². The quantitative estimate of drug-likeness (QED) is 0.365. The fourth-order valence-electron chi connectivity index (χ4n) is 3.81. The Morgan fingerprint density at radius 3 is 2.21 bits per heavy atom. The summed E-state index contributed by atoms with van der Waals surface area (Å²) >= 11 is 0. The van der Waals surface area contributed by atoms with Crippen LogP contribution in [0.4, 0.5) is 13.2 Å². The fraction of sp³-hybridized carbons (Fsp3) is 0.591. The summed E-state index contributed by atoms with van der Waals surface area (Å²) in [5.41, 5.74) is -0.0254. The predicted molar refractivity (Wildman–Crippen MR) is 112 cm³/mol. The summed E-state index contributed by atoms with van der Waals surface area (Å²) in [5, 5.41) is 54.3. The van der Waals surface area contributed by atoms with E-state index in [1.807, 2.05) is 6.92 Å². The van der Waals surface area contributed by atoms with Gasteiger partial charge in [0.1, 0.15) is 24.0 Å². The second-order valence-corrected chi connectivity index (χ2v) is 8.51. The van der Waals surface area contributed by atoms with Gasteiger partial charge in [-0.2, -0.15) is 13.2 Å². The topological polar surface area (TPSA) is 137 Å². The second-order valence-electron chi connectivity index (χ2n) is 8.51. The lowest BCUT2D eigenvalue weighted by atomic mass is 9.97. The monoisotopic (exact) mass is 490 g/mol. The Bertz CT molecular complexity index is 978. The third kappa shape index (κ3) is 5.07. The van der Waals surface area contributed by atoms with Gasteiger partial charge in [0.15, 0.2) is 6.10 Å². The molecular weight excluding hydrogens is 461 g/mol. The van der Waals surface area contributed by atoms with E-state index in [9.17, 15) is 38.7 Å². The highest BCUT2D eigenvalue weighted by atomic mass is 19.4. The number of ether oxygens (including phenoxy) is 2. The van der Waals surface area contributed by atoms with Crippen LogP contribution in [0.5, 0.6) is 5.88 Å². The molecule has 0 bridgehead atoms. The van der Waals surface area contributed by atoms with Gasteiger partial charge in [-0.25, -0.2) is 0 Å². The van der Waals surface area contributed by atoms with Crippen LogP contribution < -0.4 is 4.74 Å². The van der Waals surface area contributed by atoms with Crippen molar-refractivity contribution in [3.63, 3.8) is 0 Å². The molecule has 1 fully saturated rings. The Kier molecular flexibility index (Phi) is 7.60. The van der Waals surface area contributed by atoms with Gasteiger partial charge in [-0.15, -0.1) is 5.10 Å². The molecule has 1 aromatic carbocycles. The van der Waals surface area contributed by atoms with Crippen LogP contribution >= 0.6 is 0 Å². The molecule has 2 aromatic rings. The van der Waals surface area contributed by atoms with Gasteiger partial charge in [0, 0.05) is 12.5 Å². The molecule has 12 heteroatoms. The van der Waals surface area contributed by atoms with Gasteiger partial charge in [0.2, 0.25) is 5.88 Å². The van der Waals surface area contributed by atoms with Crippen molar-refractivity contribution in [3.05, 3.63) is 46.6 Å². The van der Waals surface area contributed by atoms with Crippen molar-refractivity contribution >= 4 is 0 Å².